The fraction of sp³-hybridized carbons (Fsp3) is 0.0909. The van der Waals surface area contributed by atoms with Crippen molar-refractivity contribution in [3.8, 4) is 0 Å². The Morgan fingerprint density at radius 3 is 2.80 bits per heavy atom. The Kier molecular flexibility index (Phi) is 2.32. The highest BCUT2D eigenvalue weighted by Crippen LogP contribution is 2.20. The Balaban J connectivity index is 2.72. The number of pyridine rings is 1. The molecule has 2 rings (SSSR count). The van der Waals surface area contributed by atoms with Gasteiger partial charge in [0, 0.05) is 5.39 Å². The number of carboxylic acid groups (broad SMARTS) is 1. The van der Waals surface area contributed by atoms with E-state index in [-0.39, 0.29) is 5.56 Å². The number of carbonyl (C=O) groups is 1. The molecule has 0 fully saturated rings. The van der Waals surface area contributed by atoms with Crippen LogP contribution in [0.1, 0.15) is 15.9 Å². The molecule has 1 heterocycles. The number of aryl methyl sites for hydroxylation is 1. The van der Waals surface area contributed by atoms with Crippen molar-refractivity contribution in [3.05, 3.63) is 40.5 Å². The van der Waals surface area contributed by atoms with Gasteiger partial charge in [0.2, 0.25) is 0 Å². The molecule has 0 aliphatic heterocycles. The van der Waals surface area contributed by atoms with Gasteiger partial charge in [-0.2, -0.15) is 0 Å². The molecule has 2 aromatic rings. The lowest BCUT2D eigenvalue weighted by atomic mass is 10.1. The van der Waals surface area contributed by atoms with Gasteiger partial charge in [-0.15, -0.1) is 0 Å². The fourth-order valence-electron chi connectivity index (χ4n) is 1.39. The lowest BCUT2D eigenvalue weighted by Gasteiger charge is -2.02. The predicted molar refractivity (Wildman–Crippen MR) is 58.4 cm³/mol. The van der Waals surface area contributed by atoms with Crippen LogP contribution in [-0.4, -0.2) is 16.1 Å². The topological polar surface area (TPSA) is 50.2 Å². The molecule has 1 aromatic carbocycles. The summed E-state index contributed by atoms with van der Waals surface area (Å²) in [5.41, 5.74) is 1.80. The molecule has 0 aliphatic rings. The second-order valence-electron chi connectivity index (χ2n) is 3.31. The van der Waals surface area contributed by atoms with Crippen molar-refractivity contribution in [1.82, 2.24) is 4.98 Å². The highest BCUT2D eigenvalue weighted by Gasteiger charge is 2.05. The van der Waals surface area contributed by atoms with Gasteiger partial charge in [0.15, 0.2) is 0 Å². The standard InChI is InChI=1S/C11H8ClNO2/c1-6-4-8-5-7(11(14)15)2-3-9(8)13-10(6)12/h2-5H,1H3,(H,14,15). The smallest absolute Gasteiger partial charge is 0.335 e. The Morgan fingerprint density at radius 2 is 2.13 bits per heavy atom. The fourth-order valence-corrected chi connectivity index (χ4v) is 1.54. The summed E-state index contributed by atoms with van der Waals surface area (Å²) in [5.74, 6) is -0.940. The van der Waals surface area contributed by atoms with E-state index in [0.717, 1.165) is 10.9 Å². The number of halogens is 1. The van der Waals surface area contributed by atoms with Crippen LogP contribution >= 0.6 is 11.6 Å². The number of aromatic nitrogens is 1. The van der Waals surface area contributed by atoms with Gasteiger partial charge >= 0.3 is 5.97 Å². The molecule has 0 radical (unpaired) electrons. The summed E-state index contributed by atoms with van der Waals surface area (Å²) in [6, 6.07) is 6.60. The number of fused-ring (bicyclic) bond motifs is 1. The van der Waals surface area contributed by atoms with Crippen molar-refractivity contribution < 1.29 is 9.90 Å². The first-order valence-electron chi connectivity index (χ1n) is 4.38. The van der Waals surface area contributed by atoms with E-state index in [9.17, 15) is 4.79 Å². The second-order valence-corrected chi connectivity index (χ2v) is 3.67. The molecule has 0 spiro atoms. The first kappa shape index (κ1) is 9.93. The normalized spacial score (nSPS) is 10.5. The van der Waals surface area contributed by atoms with E-state index in [1.54, 1.807) is 12.1 Å². The average molecular weight is 222 g/mol. The highest BCUT2D eigenvalue weighted by molar-refractivity contribution is 6.30. The molecule has 0 unspecified atom stereocenters. The molecule has 0 saturated heterocycles. The van der Waals surface area contributed by atoms with Gasteiger partial charge < -0.3 is 5.11 Å². The number of benzene rings is 1. The second kappa shape index (κ2) is 3.51. The molecule has 76 valence electrons. The van der Waals surface area contributed by atoms with E-state index in [4.69, 9.17) is 16.7 Å². The summed E-state index contributed by atoms with van der Waals surface area (Å²) in [7, 11) is 0. The van der Waals surface area contributed by atoms with Crippen molar-refractivity contribution >= 4 is 28.5 Å². The lowest BCUT2D eigenvalue weighted by molar-refractivity contribution is 0.0697. The maximum Gasteiger partial charge on any atom is 0.335 e. The maximum atomic E-state index is 10.8. The van der Waals surface area contributed by atoms with Crippen LogP contribution in [0.4, 0.5) is 0 Å². The zero-order valence-electron chi connectivity index (χ0n) is 7.99. The maximum absolute atomic E-state index is 10.8. The molecule has 4 heteroatoms. The zero-order chi connectivity index (χ0) is 11.0. The van der Waals surface area contributed by atoms with Crippen LogP contribution in [0.15, 0.2) is 24.3 Å². The number of carboxylic acids is 1. The van der Waals surface area contributed by atoms with Crippen LogP contribution in [0.25, 0.3) is 10.9 Å². The third-order valence-electron chi connectivity index (χ3n) is 2.19. The lowest BCUT2D eigenvalue weighted by Crippen LogP contribution is -1.96. The van der Waals surface area contributed by atoms with Crippen LogP contribution in [0.5, 0.6) is 0 Å². The average Bonchev–Trinajstić information content (AvgIpc) is 2.19. The van der Waals surface area contributed by atoms with Crippen LogP contribution in [0.3, 0.4) is 0 Å². The zero-order valence-corrected chi connectivity index (χ0v) is 8.75. The van der Waals surface area contributed by atoms with Gasteiger partial charge in [0.05, 0.1) is 11.1 Å². The molecule has 3 nitrogen and oxygen atoms in total. The van der Waals surface area contributed by atoms with Crippen molar-refractivity contribution in [3.63, 3.8) is 0 Å². The summed E-state index contributed by atoms with van der Waals surface area (Å²) in [5, 5.41) is 10.1. The molecular weight excluding hydrogens is 214 g/mol. The van der Waals surface area contributed by atoms with Crippen LogP contribution < -0.4 is 0 Å². The van der Waals surface area contributed by atoms with Gasteiger partial charge in [-0.3, -0.25) is 0 Å². The van der Waals surface area contributed by atoms with Crippen LogP contribution in [0.2, 0.25) is 5.15 Å². The Morgan fingerprint density at radius 1 is 1.40 bits per heavy atom. The third kappa shape index (κ3) is 1.78. The molecule has 15 heavy (non-hydrogen) atoms. The van der Waals surface area contributed by atoms with E-state index in [1.165, 1.54) is 6.07 Å². The quantitative estimate of drug-likeness (QED) is 0.754. The van der Waals surface area contributed by atoms with Crippen molar-refractivity contribution in [1.29, 1.82) is 0 Å². The number of rotatable bonds is 1. The van der Waals surface area contributed by atoms with E-state index in [0.29, 0.717) is 10.7 Å². The summed E-state index contributed by atoms with van der Waals surface area (Å²) >= 11 is 5.86. The number of hydrogen-bond donors (Lipinski definition) is 1. The predicted octanol–water partition coefficient (Wildman–Crippen LogP) is 2.89. The Hall–Kier alpha value is -1.61. The van der Waals surface area contributed by atoms with E-state index >= 15 is 0 Å². The minimum Gasteiger partial charge on any atom is -0.478 e. The minimum atomic E-state index is -0.940. The van der Waals surface area contributed by atoms with Crippen molar-refractivity contribution in [2.24, 2.45) is 0 Å². The summed E-state index contributed by atoms with van der Waals surface area (Å²) in [6.45, 7) is 1.84. The van der Waals surface area contributed by atoms with Crippen molar-refractivity contribution in [2.45, 2.75) is 6.92 Å². The first-order chi connectivity index (χ1) is 7.08. The molecule has 0 aliphatic carbocycles. The summed E-state index contributed by atoms with van der Waals surface area (Å²) in [4.78, 5) is 14.9. The Bertz CT molecular complexity index is 552. The van der Waals surface area contributed by atoms with Gasteiger partial charge in [0.25, 0.3) is 0 Å². The monoisotopic (exact) mass is 221 g/mol. The number of nitrogens with zero attached hydrogens (tertiary/aromatic N) is 1. The highest BCUT2D eigenvalue weighted by atomic mass is 35.5. The SMILES string of the molecule is Cc1cc2cc(C(=O)O)ccc2nc1Cl. The molecule has 0 atom stereocenters. The van der Waals surface area contributed by atoms with Gasteiger partial charge in [-0.25, -0.2) is 9.78 Å². The largest absolute Gasteiger partial charge is 0.478 e. The van der Waals surface area contributed by atoms with Gasteiger partial charge in [0.1, 0.15) is 5.15 Å². The molecule has 0 bridgehead atoms. The van der Waals surface area contributed by atoms with Crippen molar-refractivity contribution in [2.75, 3.05) is 0 Å². The van der Waals surface area contributed by atoms with E-state index in [2.05, 4.69) is 4.98 Å². The van der Waals surface area contributed by atoms with E-state index in [1.807, 2.05) is 13.0 Å². The minimum absolute atomic E-state index is 0.256. The molecule has 0 saturated carbocycles. The van der Waals surface area contributed by atoms with Gasteiger partial charge in [-0.05, 0) is 36.8 Å². The number of aromatic carboxylic acids is 1. The van der Waals surface area contributed by atoms with Crippen LogP contribution in [0, 0.1) is 6.92 Å². The first-order valence-corrected chi connectivity index (χ1v) is 4.76. The Labute approximate surface area is 91.3 Å². The molecule has 0 amide bonds. The van der Waals surface area contributed by atoms with E-state index < -0.39 is 5.97 Å². The number of hydrogen-bond acceptors (Lipinski definition) is 2. The molecule has 1 aromatic heterocycles. The third-order valence-corrected chi connectivity index (χ3v) is 2.57. The summed E-state index contributed by atoms with van der Waals surface area (Å²) < 4.78 is 0. The van der Waals surface area contributed by atoms with Gasteiger partial charge in [-0.1, -0.05) is 11.6 Å². The van der Waals surface area contributed by atoms with Crippen LogP contribution in [-0.2, 0) is 0 Å². The summed E-state index contributed by atoms with van der Waals surface area (Å²) in [6.07, 6.45) is 0. The molecular formula is C11H8ClNO2. The molecule has 1 N–H and O–H groups in total.